The minimum Gasteiger partial charge on any atom is -0.444 e. The maximum Gasteiger partial charge on any atom is 0.251 e. The molecule has 2 aromatic carbocycles. The summed E-state index contributed by atoms with van der Waals surface area (Å²) in [5.74, 6) is -1.99. The maximum atomic E-state index is 13.1. The van der Waals surface area contributed by atoms with Gasteiger partial charge in [0.2, 0.25) is 5.89 Å². The van der Waals surface area contributed by atoms with Crippen LogP contribution in [0.1, 0.15) is 16.1 Å². The summed E-state index contributed by atoms with van der Waals surface area (Å²) in [5.41, 5.74) is 1.63. The fourth-order valence-electron chi connectivity index (χ4n) is 2.18. The third-order valence-electron chi connectivity index (χ3n) is 3.42. The highest BCUT2D eigenvalue weighted by atomic mass is 19.2. The molecule has 24 heavy (non-hydrogen) atoms. The molecule has 0 unspecified atom stereocenters. The summed E-state index contributed by atoms with van der Waals surface area (Å²) in [6.45, 7) is 0.304. The lowest BCUT2D eigenvalue weighted by Crippen LogP contribution is -2.25. The number of amides is 1. The molecule has 3 rings (SSSR count). The lowest BCUT2D eigenvalue weighted by atomic mass is 10.2. The summed E-state index contributed by atoms with van der Waals surface area (Å²) < 4.78 is 31.4. The quantitative estimate of drug-likeness (QED) is 0.779. The summed E-state index contributed by atoms with van der Waals surface area (Å²) in [4.78, 5) is 16.2. The Morgan fingerprint density at radius 1 is 1.08 bits per heavy atom. The van der Waals surface area contributed by atoms with E-state index in [-0.39, 0.29) is 5.56 Å². The Hall–Kier alpha value is -3.02. The monoisotopic (exact) mass is 328 g/mol. The minimum absolute atomic E-state index is 0.0685. The molecule has 0 aliphatic carbocycles. The zero-order chi connectivity index (χ0) is 16.9. The average molecular weight is 328 g/mol. The number of carbonyl (C=O) groups is 1. The third-order valence-corrected chi connectivity index (χ3v) is 3.42. The van der Waals surface area contributed by atoms with Gasteiger partial charge in [-0.1, -0.05) is 18.2 Å². The molecule has 1 amide bonds. The molecule has 0 aliphatic rings. The Kier molecular flexibility index (Phi) is 4.65. The SMILES string of the molecule is O=C(NCCc1coc(-c2ccccc2)n1)c1ccc(F)c(F)c1. The zero-order valence-electron chi connectivity index (χ0n) is 12.6. The highest BCUT2D eigenvalue weighted by molar-refractivity contribution is 5.94. The van der Waals surface area contributed by atoms with Crippen molar-refractivity contribution in [3.63, 3.8) is 0 Å². The van der Waals surface area contributed by atoms with E-state index in [1.807, 2.05) is 30.3 Å². The molecule has 6 heteroatoms. The highest BCUT2D eigenvalue weighted by Crippen LogP contribution is 2.18. The van der Waals surface area contributed by atoms with E-state index in [1.165, 1.54) is 12.3 Å². The second-order valence-electron chi connectivity index (χ2n) is 5.14. The Balaban J connectivity index is 1.56. The molecule has 0 saturated heterocycles. The molecule has 0 aliphatic heterocycles. The molecule has 0 saturated carbocycles. The van der Waals surface area contributed by atoms with Crippen molar-refractivity contribution in [2.45, 2.75) is 6.42 Å². The van der Waals surface area contributed by atoms with Crippen LogP contribution >= 0.6 is 0 Å². The molecule has 0 radical (unpaired) electrons. The second-order valence-corrected chi connectivity index (χ2v) is 5.14. The van der Waals surface area contributed by atoms with E-state index in [0.29, 0.717) is 24.6 Å². The molecule has 1 heterocycles. The Bertz CT molecular complexity index is 847. The molecule has 0 atom stereocenters. The molecule has 0 bridgehead atoms. The fourth-order valence-corrected chi connectivity index (χ4v) is 2.18. The molecular formula is C18H14F2N2O2. The molecule has 1 N–H and O–H groups in total. The van der Waals surface area contributed by atoms with E-state index in [2.05, 4.69) is 10.3 Å². The van der Waals surface area contributed by atoms with Gasteiger partial charge in [0.1, 0.15) is 6.26 Å². The number of carbonyl (C=O) groups excluding carboxylic acids is 1. The summed E-state index contributed by atoms with van der Waals surface area (Å²) in [6.07, 6.45) is 2.00. The number of hydrogen-bond acceptors (Lipinski definition) is 3. The average Bonchev–Trinajstić information content (AvgIpc) is 3.07. The summed E-state index contributed by atoms with van der Waals surface area (Å²) in [6, 6.07) is 12.5. The van der Waals surface area contributed by atoms with Crippen molar-refractivity contribution in [1.82, 2.24) is 10.3 Å². The van der Waals surface area contributed by atoms with Crippen molar-refractivity contribution in [2.75, 3.05) is 6.54 Å². The van der Waals surface area contributed by atoms with Crippen LogP contribution in [0.25, 0.3) is 11.5 Å². The van der Waals surface area contributed by atoms with Gasteiger partial charge in [-0.05, 0) is 30.3 Å². The first kappa shape index (κ1) is 15.9. The van der Waals surface area contributed by atoms with Crippen LogP contribution in [0.2, 0.25) is 0 Å². The van der Waals surface area contributed by atoms with Gasteiger partial charge in [-0.25, -0.2) is 13.8 Å². The van der Waals surface area contributed by atoms with Crippen LogP contribution in [-0.2, 0) is 6.42 Å². The van der Waals surface area contributed by atoms with Gasteiger partial charge in [0.05, 0.1) is 5.69 Å². The van der Waals surface area contributed by atoms with Crippen molar-refractivity contribution in [3.8, 4) is 11.5 Å². The van der Waals surface area contributed by atoms with Crippen LogP contribution in [0.5, 0.6) is 0 Å². The number of oxazole rings is 1. The first-order valence-electron chi connectivity index (χ1n) is 7.36. The van der Waals surface area contributed by atoms with Gasteiger partial charge >= 0.3 is 0 Å². The van der Waals surface area contributed by atoms with Crippen LogP contribution in [-0.4, -0.2) is 17.4 Å². The normalized spacial score (nSPS) is 10.6. The fraction of sp³-hybridized carbons (Fsp3) is 0.111. The number of aromatic nitrogens is 1. The summed E-state index contributed by atoms with van der Waals surface area (Å²) in [7, 11) is 0. The van der Waals surface area contributed by atoms with Gasteiger partial charge in [-0.15, -0.1) is 0 Å². The third kappa shape index (κ3) is 3.65. The van der Waals surface area contributed by atoms with E-state index < -0.39 is 17.5 Å². The lowest BCUT2D eigenvalue weighted by Gasteiger charge is -2.04. The lowest BCUT2D eigenvalue weighted by molar-refractivity contribution is 0.0953. The number of nitrogens with zero attached hydrogens (tertiary/aromatic N) is 1. The molecule has 0 fully saturated rings. The topological polar surface area (TPSA) is 55.1 Å². The molecular weight excluding hydrogens is 314 g/mol. The van der Waals surface area contributed by atoms with Gasteiger partial charge in [0.25, 0.3) is 5.91 Å². The first-order valence-corrected chi connectivity index (χ1v) is 7.36. The molecule has 3 aromatic rings. The second kappa shape index (κ2) is 7.04. The van der Waals surface area contributed by atoms with Crippen molar-refractivity contribution in [3.05, 3.63) is 77.7 Å². The molecule has 1 aromatic heterocycles. The number of rotatable bonds is 5. The van der Waals surface area contributed by atoms with Crippen molar-refractivity contribution in [1.29, 1.82) is 0 Å². The van der Waals surface area contributed by atoms with E-state index in [1.54, 1.807) is 0 Å². The number of hydrogen-bond donors (Lipinski definition) is 1. The van der Waals surface area contributed by atoms with E-state index in [4.69, 9.17) is 4.42 Å². The zero-order valence-corrected chi connectivity index (χ0v) is 12.6. The van der Waals surface area contributed by atoms with Crippen LogP contribution < -0.4 is 5.32 Å². The van der Waals surface area contributed by atoms with Crippen molar-refractivity contribution < 1.29 is 18.0 Å². The summed E-state index contributed by atoms with van der Waals surface area (Å²) >= 11 is 0. The van der Waals surface area contributed by atoms with Gasteiger partial charge in [-0.3, -0.25) is 4.79 Å². The van der Waals surface area contributed by atoms with Crippen molar-refractivity contribution >= 4 is 5.91 Å². The van der Waals surface area contributed by atoms with E-state index >= 15 is 0 Å². The van der Waals surface area contributed by atoms with Crippen LogP contribution in [0.3, 0.4) is 0 Å². The number of nitrogens with one attached hydrogen (secondary N) is 1. The molecule has 4 nitrogen and oxygen atoms in total. The predicted octanol–water partition coefficient (Wildman–Crippen LogP) is 3.59. The number of benzene rings is 2. The molecule has 122 valence electrons. The van der Waals surface area contributed by atoms with E-state index in [0.717, 1.165) is 17.7 Å². The largest absolute Gasteiger partial charge is 0.444 e. The standard InChI is InChI=1S/C18H14F2N2O2/c19-15-7-6-13(10-16(15)20)17(23)21-9-8-14-11-24-18(22-14)12-4-2-1-3-5-12/h1-7,10-11H,8-9H2,(H,21,23). The maximum absolute atomic E-state index is 13.1. The predicted molar refractivity (Wildman–Crippen MR) is 84.3 cm³/mol. The van der Waals surface area contributed by atoms with Gasteiger partial charge in [0.15, 0.2) is 11.6 Å². The molecule has 0 spiro atoms. The van der Waals surface area contributed by atoms with Crippen LogP contribution in [0, 0.1) is 11.6 Å². The van der Waals surface area contributed by atoms with Gasteiger partial charge < -0.3 is 9.73 Å². The van der Waals surface area contributed by atoms with Crippen LogP contribution in [0.15, 0.2) is 59.2 Å². The van der Waals surface area contributed by atoms with Crippen LogP contribution in [0.4, 0.5) is 8.78 Å². The summed E-state index contributed by atoms with van der Waals surface area (Å²) in [5, 5.41) is 2.63. The minimum atomic E-state index is -1.05. The van der Waals surface area contributed by atoms with E-state index in [9.17, 15) is 13.6 Å². The Labute approximate surface area is 137 Å². The van der Waals surface area contributed by atoms with Gasteiger partial charge in [-0.2, -0.15) is 0 Å². The first-order chi connectivity index (χ1) is 11.6. The Morgan fingerprint density at radius 2 is 1.88 bits per heavy atom. The van der Waals surface area contributed by atoms with Gasteiger partial charge in [0, 0.05) is 24.1 Å². The van der Waals surface area contributed by atoms with Crippen molar-refractivity contribution in [2.24, 2.45) is 0 Å². The number of halogens is 2. The highest BCUT2D eigenvalue weighted by Gasteiger charge is 2.10. The smallest absolute Gasteiger partial charge is 0.251 e. The Morgan fingerprint density at radius 3 is 2.62 bits per heavy atom.